The minimum Gasteiger partial charge on any atom is -0.477 e. The van der Waals surface area contributed by atoms with Crippen molar-refractivity contribution < 1.29 is 24.1 Å². The predicted octanol–water partition coefficient (Wildman–Crippen LogP) is 2.24. The number of carbonyl (C=O) groups is 3. The Labute approximate surface area is 231 Å². The zero-order valence-corrected chi connectivity index (χ0v) is 22.6. The van der Waals surface area contributed by atoms with Gasteiger partial charge in [0, 0.05) is 15.7 Å². The maximum absolute atomic E-state index is 12.9. The lowest BCUT2D eigenvalue weighted by molar-refractivity contribution is -0.675. The van der Waals surface area contributed by atoms with Crippen LogP contribution in [0.4, 0.5) is 11.6 Å². The van der Waals surface area contributed by atoms with Crippen LogP contribution >= 0.6 is 46.7 Å². The molecule has 1 fully saturated rings. The van der Waals surface area contributed by atoms with Crippen LogP contribution in [0.2, 0.25) is 10.0 Å². The van der Waals surface area contributed by atoms with Gasteiger partial charge in [-0.25, -0.2) is 9.36 Å². The van der Waals surface area contributed by atoms with Gasteiger partial charge in [-0.05, 0) is 30.7 Å². The number of carboxylic acid groups (broad SMARTS) is 1. The van der Waals surface area contributed by atoms with E-state index in [0.29, 0.717) is 50.0 Å². The Kier molecular flexibility index (Phi) is 8.22. The van der Waals surface area contributed by atoms with Gasteiger partial charge in [-0.2, -0.15) is 0 Å². The van der Waals surface area contributed by atoms with E-state index in [4.69, 9.17) is 34.7 Å². The number of nitrogen functional groups attached to an aromatic ring is 2. The number of aliphatic carboxylic acids is 1. The molecule has 0 unspecified atom stereocenters. The van der Waals surface area contributed by atoms with Crippen molar-refractivity contribution in [2.45, 2.75) is 29.8 Å². The number of allylic oxidation sites excluding steroid dienone is 2. The van der Waals surface area contributed by atoms with E-state index >= 15 is 0 Å². The number of nitrogens with two attached hydrogens (primary N) is 2. The number of amides is 2. The fraction of sp³-hybridized carbons (Fsp3) is 0.261. The van der Waals surface area contributed by atoms with Crippen LogP contribution in [0.25, 0.3) is 0 Å². The summed E-state index contributed by atoms with van der Waals surface area (Å²) in [6.07, 6.45) is 4.91. The number of carboxylic acids is 1. The molecule has 2 aliphatic heterocycles. The molecule has 14 heteroatoms. The minimum atomic E-state index is -1.22. The Balaban J connectivity index is 1.41. The summed E-state index contributed by atoms with van der Waals surface area (Å²) >= 11 is 14.7. The third-order valence-corrected chi connectivity index (χ3v) is 8.84. The van der Waals surface area contributed by atoms with Crippen LogP contribution in [-0.4, -0.2) is 55.7 Å². The van der Waals surface area contributed by atoms with Gasteiger partial charge in [-0.3, -0.25) is 14.5 Å². The van der Waals surface area contributed by atoms with Gasteiger partial charge in [0.2, 0.25) is 23.9 Å². The molecular weight excluding hydrogens is 559 g/mol. The molecule has 0 aliphatic carbocycles. The summed E-state index contributed by atoms with van der Waals surface area (Å²) in [5.41, 5.74) is 12.9. The molecule has 0 bridgehead atoms. The second-order valence-electron chi connectivity index (χ2n) is 8.19. The van der Waals surface area contributed by atoms with E-state index in [1.165, 1.54) is 34.8 Å². The maximum Gasteiger partial charge on any atom is 0.352 e. The first-order valence-electron chi connectivity index (χ1n) is 10.9. The lowest BCUT2D eigenvalue weighted by atomic mass is 10.0. The highest BCUT2D eigenvalue weighted by molar-refractivity contribution is 8.00. The van der Waals surface area contributed by atoms with Crippen molar-refractivity contribution in [3.63, 3.8) is 0 Å². The quantitative estimate of drug-likeness (QED) is 0.208. The van der Waals surface area contributed by atoms with Gasteiger partial charge in [0.1, 0.15) is 17.1 Å². The van der Waals surface area contributed by atoms with Crippen LogP contribution in [0.15, 0.2) is 52.8 Å². The number of anilines is 2. The summed E-state index contributed by atoms with van der Waals surface area (Å²) in [5.74, 6) is -0.887. The van der Waals surface area contributed by atoms with E-state index < -0.39 is 23.3 Å². The Morgan fingerprint density at radius 2 is 2.14 bits per heavy atom. The van der Waals surface area contributed by atoms with Crippen molar-refractivity contribution in [3.05, 3.63) is 63.6 Å². The first kappa shape index (κ1) is 27.1. The average molecular weight is 583 g/mol. The molecule has 2 aliphatic rings. The summed E-state index contributed by atoms with van der Waals surface area (Å²) in [6, 6.07) is 4.14. The predicted molar refractivity (Wildman–Crippen MR) is 144 cm³/mol. The third kappa shape index (κ3) is 5.66. The molecule has 37 heavy (non-hydrogen) atoms. The Bertz CT molecular complexity index is 1350. The summed E-state index contributed by atoms with van der Waals surface area (Å²) in [5, 5.41) is 13.0. The molecule has 4 rings (SSSR count). The van der Waals surface area contributed by atoms with Crippen molar-refractivity contribution in [2.75, 3.05) is 23.0 Å². The van der Waals surface area contributed by atoms with Gasteiger partial charge in [-0.1, -0.05) is 40.3 Å². The van der Waals surface area contributed by atoms with Crippen molar-refractivity contribution in [1.82, 2.24) is 15.2 Å². The number of rotatable bonds is 8. The lowest BCUT2D eigenvalue weighted by Crippen LogP contribution is -2.70. The number of carbonyl (C=O) groups excluding carboxylic acids is 2. The summed E-state index contributed by atoms with van der Waals surface area (Å²) < 4.78 is 1.68. The topological polar surface area (TPSA) is 156 Å². The van der Waals surface area contributed by atoms with Gasteiger partial charge in [0.15, 0.2) is 0 Å². The highest BCUT2D eigenvalue weighted by Gasteiger charge is 2.53. The van der Waals surface area contributed by atoms with Crippen molar-refractivity contribution in [1.29, 1.82) is 0 Å². The van der Waals surface area contributed by atoms with Crippen LogP contribution < -0.4 is 21.4 Å². The van der Waals surface area contributed by atoms with Crippen LogP contribution in [0, 0.1) is 6.92 Å². The number of aromatic nitrogens is 2. The van der Waals surface area contributed by atoms with Crippen LogP contribution in [0.1, 0.15) is 5.56 Å². The standard InChI is InChI=1S/C23H22Cl2N6O4S2/c1-11-19(26)28-10-30(20(11)27)6-2-3-12-8-37-22-17(21(33)31(22)18(12)23(34)35)29-16(32)9-36-15-7-13(24)4-5-14(15)25/h2-5,7,10,17,22H,6,8-9H2,1H3,(H5,26,27,29,32,34,35)/p+1/b3-2+/t17-,22-/m1/s1. The first-order chi connectivity index (χ1) is 17.6. The smallest absolute Gasteiger partial charge is 0.352 e. The number of nitrogens with zero attached hydrogens (tertiary/aromatic N) is 3. The molecule has 0 saturated carbocycles. The number of benzene rings is 1. The number of β-lactam (4-membered cyclic amide) rings is 1. The van der Waals surface area contributed by atoms with Gasteiger partial charge in [0.25, 0.3) is 5.91 Å². The van der Waals surface area contributed by atoms with Gasteiger partial charge in [-0.15, -0.1) is 23.5 Å². The molecule has 1 saturated heterocycles. The van der Waals surface area contributed by atoms with E-state index in [-0.39, 0.29) is 17.4 Å². The van der Waals surface area contributed by atoms with E-state index in [2.05, 4.69) is 10.3 Å². The molecule has 2 amide bonds. The first-order valence-corrected chi connectivity index (χ1v) is 13.7. The normalized spacial score (nSPS) is 19.1. The van der Waals surface area contributed by atoms with Crippen LogP contribution in [0.3, 0.4) is 0 Å². The maximum atomic E-state index is 12.9. The van der Waals surface area contributed by atoms with Crippen molar-refractivity contribution in [2.24, 2.45) is 0 Å². The summed E-state index contributed by atoms with van der Waals surface area (Å²) in [7, 11) is 0. The average Bonchev–Trinajstić information content (AvgIpc) is 2.87. The van der Waals surface area contributed by atoms with Gasteiger partial charge < -0.3 is 21.9 Å². The molecule has 1 aromatic heterocycles. The van der Waals surface area contributed by atoms with E-state index in [9.17, 15) is 19.5 Å². The van der Waals surface area contributed by atoms with Crippen LogP contribution in [0.5, 0.6) is 0 Å². The largest absolute Gasteiger partial charge is 0.477 e. The second kappa shape index (κ2) is 11.2. The number of hydrogen-bond donors (Lipinski definition) is 4. The molecular formula is C23H23Cl2N6O4S2+. The second-order valence-corrected chi connectivity index (χ2v) is 11.2. The number of thioether (sulfide) groups is 2. The minimum absolute atomic E-state index is 0.0249. The Morgan fingerprint density at radius 1 is 1.38 bits per heavy atom. The molecule has 0 radical (unpaired) electrons. The molecule has 2 aromatic rings. The van der Waals surface area contributed by atoms with E-state index in [0.717, 1.165) is 0 Å². The SMILES string of the molecule is Cc1c(N)nc[n+](C/C=C/C2=C(C(=O)O)N3C(=O)[C@@H](NC(=O)CSc4cc(Cl)ccc4Cl)[C@H]3SC2)c1N. The summed E-state index contributed by atoms with van der Waals surface area (Å²) in [6.45, 7) is 2.10. The van der Waals surface area contributed by atoms with Gasteiger partial charge >= 0.3 is 5.97 Å². The number of fused-ring (bicyclic) bond motifs is 1. The van der Waals surface area contributed by atoms with E-state index in [1.54, 1.807) is 41.8 Å². The fourth-order valence-electron chi connectivity index (χ4n) is 3.81. The molecule has 6 N–H and O–H groups in total. The molecule has 3 heterocycles. The Morgan fingerprint density at radius 3 is 2.86 bits per heavy atom. The lowest BCUT2D eigenvalue weighted by Gasteiger charge is -2.49. The number of halogens is 2. The number of nitrogens with one attached hydrogen (secondary N) is 1. The highest BCUT2D eigenvalue weighted by atomic mass is 35.5. The molecule has 194 valence electrons. The van der Waals surface area contributed by atoms with Crippen molar-refractivity contribution >= 4 is 76.1 Å². The Hall–Kier alpha value is -2.93. The molecule has 10 nitrogen and oxygen atoms in total. The third-order valence-electron chi connectivity index (χ3n) is 5.80. The van der Waals surface area contributed by atoms with Gasteiger partial charge in [0.05, 0.1) is 22.9 Å². The highest BCUT2D eigenvalue weighted by Crippen LogP contribution is 2.40. The van der Waals surface area contributed by atoms with E-state index in [1.807, 2.05) is 0 Å². The molecule has 1 aromatic carbocycles. The molecule has 2 atom stereocenters. The summed E-state index contributed by atoms with van der Waals surface area (Å²) in [4.78, 5) is 43.4. The fourth-order valence-corrected chi connectivity index (χ4v) is 6.43. The zero-order chi connectivity index (χ0) is 26.9. The number of hydrogen-bond acceptors (Lipinski definition) is 8. The van der Waals surface area contributed by atoms with Crippen molar-refractivity contribution in [3.8, 4) is 0 Å². The van der Waals surface area contributed by atoms with Crippen LogP contribution in [-0.2, 0) is 20.9 Å². The zero-order valence-electron chi connectivity index (χ0n) is 19.5. The monoisotopic (exact) mass is 581 g/mol. The molecule has 0 spiro atoms.